The van der Waals surface area contributed by atoms with E-state index >= 15 is 0 Å². The van der Waals surface area contributed by atoms with Crippen molar-refractivity contribution in [1.82, 2.24) is 0 Å². The first-order chi connectivity index (χ1) is 10.3. The Kier molecular flexibility index (Phi) is 5.37. The van der Waals surface area contributed by atoms with Gasteiger partial charge in [0.15, 0.2) is 8.77 Å². The second-order valence-electron chi connectivity index (χ2n) is 5.68. The molecule has 0 heterocycles. The highest BCUT2D eigenvalue weighted by molar-refractivity contribution is 8.29. The molecular weight excluding hydrogens is 312 g/mol. The van der Waals surface area contributed by atoms with Crippen LogP contribution in [0.1, 0.15) is 36.5 Å². The molecule has 2 rings (SSSR count). The minimum atomic E-state index is -3.43. The van der Waals surface area contributed by atoms with E-state index in [4.69, 9.17) is 11.2 Å². The molecule has 0 aliphatic carbocycles. The minimum Gasteiger partial charge on any atom is -0.302 e. The van der Waals surface area contributed by atoms with Crippen LogP contribution in [0.25, 0.3) is 11.1 Å². The van der Waals surface area contributed by atoms with E-state index in [1.165, 1.54) is 0 Å². The summed E-state index contributed by atoms with van der Waals surface area (Å²) in [5.41, 5.74) is 5.22. The molecule has 2 aromatic rings. The zero-order chi connectivity index (χ0) is 16.3. The zero-order valence-electron chi connectivity index (χ0n) is 13.3. The van der Waals surface area contributed by atoms with Crippen LogP contribution in [0.2, 0.25) is 0 Å². The third-order valence-corrected chi connectivity index (χ3v) is 5.31. The van der Waals surface area contributed by atoms with Gasteiger partial charge in [-0.05, 0) is 49.4 Å². The molecule has 2 nitrogen and oxygen atoms in total. The quantitative estimate of drug-likeness (QED) is 0.846. The van der Waals surface area contributed by atoms with E-state index in [-0.39, 0.29) is 0 Å². The summed E-state index contributed by atoms with van der Waals surface area (Å²) < 4.78 is 22.2. The third-order valence-electron chi connectivity index (χ3n) is 3.87. The molecule has 0 aliphatic heterocycles. The molecule has 118 valence electrons. The highest BCUT2D eigenvalue weighted by Gasteiger charge is 2.19. The van der Waals surface area contributed by atoms with Gasteiger partial charge in [-0.15, -0.1) is 0 Å². The Labute approximate surface area is 138 Å². The zero-order valence-corrected chi connectivity index (χ0v) is 14.9. The lowest BCUT2D eigenvalue weighted by Crippen LogP contribution is -2.04. The van der Waals surface area contributed by atoms with Crippen LogP contribution in [0.15, 0.2) is 41.3 Å². The number of hydrogen-bond acceptors (Lipinski definition) is 2. The topological polar surface area (TPSA) is 37.3 Å². The number of aryl methyl sites for hydroxylation is 2. The smallest absolute Gasteiger partial charge is 0.171 e. The van der Waals surface area contributed by atoms with E-state index in [0.717, 1.165) is 47.1 Å². The van der Waals surface area contributed by atoms with Gasteiger partial charge in [-0.25, -0.2) is 4.21 Å². The fourth-order valence-corrected chi connectivity index (χ4v) is 3.89. The van der Waals surface area contributed by atoms with Gasteiger partial charge >= 0.3 is 0 Å². The highest BCUT2D eigenvalue weighted by Crippen LogP contribution is 2.34. The fourth-order valence-electron chi connectivity index (χ4n) is 2.74. The second kappa shape index (κ2) is 6.90. The van der Waals surface area contributed by atoms with Crippen molar-refractivity contribution >= 4 is 20.0 Å². The van der Waals surface area contributed by atoms with Crippen molar-refractivity contribution in [1.29, 1.82) is 0 Å². The molecule has 0 amide bonds. The molecule has 0 aliphatic rings. The van der Waals surface area contributed by atoms with Crippen LogP contribution in [0, 0.1) is 13.8 Å². The first-order valence-corrected chi connectivity index (χ1v) is 9.95. The maximum absolute atomic E-state index is 12.2. The van der Waals surface area contributed by atoms with Crippen molar-refractivity contribution in [2.75, 3.05) is 0 Å². The minimum absolute atomic E-state index is 0.366. The normalized spacial score (nSPS) is 13.8. The van der Waals surface area contributed by atoms with Crippen molar-refractivity contribution in [3.63, 3.8) is 0 Å². The van der Waals surface area contributed by atoms with Gasteiger partial charge < -0.3 is 4.55 Å². The Morgan fingerprint density at radius 2 is 1.91 bits per heavy atom. The van der Waals surface area contributed by atoms with E-state index in [1.54, 1.807) is 6.07 Å². The molecule has 0 spiro atoms. The molecular formula is C18H22O2S2. The van der Waals surface area contributed by atoms with Crippen LogP contribution < -0.4 is 0 Å². The standard InChI is InChI=1S/C18H22O2S2/c1-4-5-9-16-14(3)10-11-17(22(19,20)21)18(16)15-8-6-7-13(2)12-15/h6-8,10-12H,4-5,9H2,1-3H3,(H,19,20,21). The lowest BCUT2D eigenvalue weighted by atomic mass is 9.92. The molecule has 0 radical (unpaired) electrons. The number of benzene rings is 2. The van der Waals surface area contributed by atoms with Crippen molar-refractivity contribution < 1.29 is 8.76 Å². The average molecular weight is 335 g/mol. The average Bonchev–Trinajstić information content (AvgIpc) is 2.44. The van der Waals surface area contributed by atoms with Crippen molar-refractivity contribution in [3.8, 4) is 11.1 Å². The highest BCUT2D eigenvalue weighted by atomic mass is 32.8. The summed E-state index contributed by atoms with van der Waals surface area (Å²) in [7, 11) is -3.43. The fraction of sp³-hybridized carbons (Fsp3) is 0.333. The Balaban J connectivity index is 2.78. The summed E-state index contributed by atoms with van der Waals surface area (Å²) in [6.07, 6.45) is 3.02. The van der Waals surface area contributed by atoms with E-state index < -0.39 is 8.77 Å². The predicted molar refractivity (Wildman–Crippen MR) is 96.4 cm³/mol. The summed E-state index contributed by atoms with van der Waals surface area (Å²) in [4.78, 5) is 0.366. The summed E-state index contributed by atoms with van der Waals surface area (Å²) in [6.45, 7) is 6.22. The summed E-state index contributed by atoms with van der Waals surface area (Å²) >= 11 is 4.87. The molecule has 1 N–H and O–H groups in total. The summed E-state index contributed by atoms with van der Waals surface area (Å²) in [5.74, 6) is 0. The second-order valence-corrected chi connectivity index (χ2v) is 8.43. The van der Waals surface area contributed by atoms with Gasteiger partial charge in [-0.3, -0.25) is 0 Å². The molecule has 4 heteroatoms. The van der Waals surface area contributed by atoms with E-state index in [2.05, 4.69) is 13.8 Å². The van der Waals surface area contributed by atoms with Gasteiger partial charge in [0.1, 0.15) is 0 Å². The molecule has 2 aromatic carbocycles. The lowest BCUT2D eigenvalue weighted by molar-refractivity contribution is 0.562. The van der Waals surface area contributed by atoms with Crippen molar-refractivity contribution in [2.24, 2.45) is 0 Å². The van der Waals surface area contributed by atoms with Crippen LogP contribution >= 0.6 is 0 Å². The number of unbranched alkanes of at least 4 members (excludes halogenated alkanes) is 1. The predicted octanol–water partition coefficient (Wildman–Crippen LogP) is 4.89. The SMILES string of the molecule is CCCCc1c(C)ccc(S(=O)(O)=S)c1-c1cccc(C)c1. The number of hydrogen-bond donors (Lipinski definition) is 1. The maximum Gasteiger partial charge on any atom is 0.171 e. The monoisotopic (exact) mass is 334 g/mol. The van der Waals surface area contributed by atoms with Gasteiger partial charge in [0.25, 0.3) is 0 Å². The van der Waals surface area contributed by atoms with E-state index in [9.17, 15) is 8.76 Å². The van der Waals surface area contributed by atoms with Gasteiger partial charge in [0.05, 0.1) is 4.90 Å². The van der Waals surface area contributed by atoms with Crippen molar-refractivity contribution in [3.05, 3.63) is 53.1 Å². The molecule has 0 bridgehead atoms. The Morgan fingerprint density at radius 3 is 2.50 bits per heavy atom. The van der Waals surface area contributed by atoms with E-state index in [1.807, 2.05) is 37.3 Å². The van der Waals surface area contributed by atoms with Crippen LogP contribution in [0.5, 0.6) is 0 Å². The Bertz CT molecular complexity index is 778. The van der Waals surface area contributed by atoms with Crippen LogP contribution in [0.3, 0.4) is 0 Å². The van der Waals surface area contributed by atoms with E-state index in [0.29, 0.717) is 4.90 Å². The largest absolute Gasteiger partial charge is 0.302 e. The first-order valence-electron chi connectivity index (χ1n) is 7.51. The first kappa shape index (κ1) is 17.1. The summed E-state index contributed by atoms with van der Waals surface area (Å²) in [5, 5.41) is 0. The molecule has 0 saturated carbocycles. The third kappa shape index (κ3) is 3.75. The van der Waals surface area contributed by atoms with Crippen LogP contribution in [-0.2, 0) is 26.4 Å². The van der Waals surface area contributed by atoms with Crippen LogP contribution in [-0.4, -0.2) is 8.76 Å². The Hall–Kier alpha value is -1.23. The molecule has 0 saturated heterocycles. The molecule has 1 atom stereocenters. The van der Waals surface area contributed by atoms with Crippen LogP contribution in [0.4, 0.5) is 0 Å². The maximum atomic E-state index is 12.2. The molecule has 0 aromatic heterocycles. The number of rotatable bonds is 5. The van der Waals surface area contributed by atoms with Crippen molar-refractivity contribution in [2.45, 2.75) is 44.9 Å². The van der Waals surface area contributed by atoms with Gasteiger partial charge in [0.2, 0.25) is 0 Å². The molecule has 22 heavy (non-hydrogen) atoms. The van der Waals surface area contributed by atoms with Gasteiger partial charge in [-0.1, -0.05) is 49.2 Å². The Morgan fingerprint density at radius 1 is 1.18 bits per heavy atom. The van der Waals surface area contributed by atoms with Gasteiger partial charge in [0, 0.05) is 16.8 Å². The molecule has 0 fully saturated rings. The molecule has 1 unspecified atom stereocenters. The summed E-state index contributed by atoms with van der Waals surface area (Å²) in [6, 6.07) is 11.6. The lowest BCUT2D eigenvalue weighted by Gasteiger charge is -2.17. The van der Waals surface area contributed by atoms with Gasteiger partial charge in [-0.2, -0.15) is 0 Å².